The van der Waals surface area contributed by atoms with E-state index < -0.39 is 6.09 Å². The Bertz CT molecular complexity index is 652. The van der Waals surface area contributed by atoms with Crippen molar-refractivity contribution in [1.29, 1.82) is 0 Å². The van der Waals surface area contributed by atoms with E-state index in [1.54, 1.807) is 6.92 Å². The highest BCUT2D eigenvalue weighted by Crippen LogP contribution is 2.13. The summed E-state index contributed by atoms with van der Waals surface area (Å²) in [6.07, 6.45) is 14.9. The van der Waals surface area contributed by atoms with Gasteiger partial charge in [0, 0.05) is 6.54 Å². The van der Waals surface area contributed by atoms with Crippen LogP contribution in [0.4, 0.5) is 4.79 Å². The predicted molar refractivity (Wildman–Crippen MR) is 129 cm³/mol. The molecule has 0 saturated carbocycles. The number of nitrogens with one attached hydrogen (secondary N) is 1. The van der Waals surface area contributed by atoms with Crippen LogP contribution in [-0.4, -0.2) is 31.8 Å². The van der Waals surface area contributed by atoms with Crippen LogP contribution in [0.5, 0.6) is 0 Å². The van der Waals surface area contributed by atoms with Crippen LogP contribution in [0.1, 0.15) is 86.5 Å². The maximum absolute atomic E-state index is 11.6. The molecule has 5 nitrogen and oxygen atoms in total. The largest absolute Gasteiger partial charge is 0.466 e. The van der Waals surface area contributed by atoms with Gasteiger partial charge in [0.1, 0.15) is 6.61 Å². The van der Waals surface area contributed by atoms with Gasteiger partial charge in [0.25, 0.3) is 0 Å². The summed E-state index contributed by atoms with van der Waals surface area (Å²) in [5.41, 5.74) is 5.46. The van der Waals surface area contributed by atoms with E-state index in [0.717, 1.165) is 38.5 Å². The van der Waals surface area contributed by atoms with Gasteiger partial charge in [-0.25, -0.2) is 4.79 Å². The Morgan fingerprint density at radius 2 is 1.23 bits per heavy atom. The topological polar surface area (TPSA) is 64.6 Å². The minimum absolute atomic E-state index is 0.148. The summed E-state index contributed by atoms with van der Waals surface area (Å²) in [5.74, 6) is -0.326. The molecule has 0 heterocycles. The van der Waals surface area contributed by atoms with Crippen molar-refractivity contribution in [2.24, 2.45) is 0 Å². The Morgan fingerprint density at radius 1 is 0.710 bits per heavy atom. The van der Waals surface area contributed by atoms with Crippen LogP contribution in [0.15, 0.2) is 46.6 Å². The summed E-state index contributed by atoms with van der Waals surface area (Å²) in [5, 5.41) is 2.54. The molecule has 176 valence electrons. The second-order valence-electron chi connectivity index (χ2n) is 8.13. The van der Waals surface area contributed by atoms with Crippen LogP contribution < -0.4 is 5.32 Å². The molecule has 0 radical (unpaired) electrons. The highest BCUT2D eigenvalue weighted by atomic mass is 16.5. The quantitative estimate of drug-likeness (QED) is 0.227. The molecule has 31 heavy (non-hydrogen) atoms. The van der Waals surface area contributed by atoms with Crippen molar-refractivity contribution in [2.45, 2.75) is 86.5 Å². The summed E-state index contributed by atoms with van der Waals surface area (Å²) in [6, 6.07) is 0. The number of allylic oxidation sites excluding steroid dienone is 7. The Hall–Kier alpha value is -2.30. The number of alkyl carbamates (subject to hydrolysis) is 1. The number of hydrogen-bond donors (Lipinski definition) is 1. The van der Waals surface area contributed by atoms with E-state index in [1.807, 2.05) is 13.0 Å². The van der Waals surface area contributed by atoms with Crippen molar-refractivity contribution in [3.63, 3.8) is 0 Å². The Labute approximate surface area is 189 Å². The third-order valence-corrected chi connectivity index (χ3v) is 4.70. The first-order valence-electron chi connectivity index (χ1n) is 11.4. The molecule has 1 N–H and O–H groups in total. The molecule has 1 amide bonds. The molecule has 0 spiro atoms. The fourth-order valence-corrected chi connectivity index (χ4v) is 2.80. The fourth-order valence-electron chi connectivity index (χ4n) is 2.80. The first-order valence-corrected chi connectivity index (χ1v) is 11.4. The van der Waals surface area contributed by atoms with Crippen LogP contribution in [-0.2, 0) is 14.3 Å². The van der Waals surface area contributed by atoms with E-state index in [9.17, 15) is 9.59 Å². The van der Waals surface area contributed by atoms with Crippen molar-refractivity contribution in [3.8, 4) is 0 Å². The minimum atomic E-state index is -0.520. The number of amides is 1. The molecule has 0 aromatic rings. The van der Waals surface area contributed by atoms with Gasteiger partial charge in [0.15, 0.2) is 0 Å². The lowest BCUT2D eigenvalue weighted by atomic mass is 10.0. The molecule has 0 fully saturated rings. The van der Waals surface area contributed by atoms with Crippen molar-refractivity contribution in [3.05, 3.63) is 46.6 Å². The zero-order valence-electron chi connectivity index (χ0n) is 20.5. The van der Waals surface area contributed by atoms with E-state index in [1.165, 1.54) is 22.3 Å². The standard InChI is InChI=1S/C26H43NO4/c1-7-30-25(28)17-19-27-26(29)31-20-18-24(6)16-10-15-23(5)14-9-13-22(4)12-8-11-21(2)3/h11,13,15,18H,7-10,12,14,16-17,19-20H2,1-6H3,(H,27,29). The maximum Gasteiger partial charge on any atom is 0.407 e. The summed E-state index contributed by atoms with van der Waals surface area (Å²) in [4.78, 5) is 22.8. The number of carbonyl (C=O) groups excluding carboxylic acids is 2. The van der Waals surface area contributed by atoms with E-state index in [2.05, 4.69) is 51.2 Å². The van der Waals surface area contributed by atoms with E-state index in [-0.39, 0.29) is 25.5 Å². The Balaban J connectivity index is 3.98. The maximum atomic E-state index is 11.6. The lowest BCUT2D eigenvalue weighted by molar-refractivity contribution is -0.142. The smallest absolute Gasteiger partial charge is 0.407 e. The lowest BCUT2D eigenvalue weighted by Crippen LogP contribution is -2.27. The number of ether oxygens (including phenoxy) is 2. The molecular formula is C26H43NO4. The first kappa shape index (κ1) is 28.7. The zero-order chi connectivity index (χ0) is 23.5. The molecule has 0 aliphatic carbocycles. The third-order valence-electron chi connectivity index (χ3n) is 4.70. The molecule has 0 aliphatic rings. The minimum Gasteiger partial charge on any atom is -0.466 e. The highest BCUT2D eigenvalue weighted by molar-refractivity contribution is 5.71. The molecule has 0 aromatic carbocycles. The number of carbonyl (C=O) groups is 2. The summed E-state index contributed by atoms with van der Waals surface area (Å²) < 4.78 is 9.89. The van der Waals surface area contributed by atoms with Crippen molar-refractivity contribution < 1.29 is 19.1 Å². The average Bonchev–Trinajstić information content (AvgIpc) is 2.68. The number of esters is 1. The van der Waals surface area contributed by atoms with Gasteiger partial charge in [-0.2, -0.15) is 0 Å². The molecule has 0 bridgehead atoms. The Kier molecular flexibility index (Phi) is 17.1. The van der Waals surface area contributed by atoms with Crippen molar-refractivity contribution in [2.75, 3.05) is 19.8 Å². The SMILES string of the molecule is CCOC(=O)CCNC(=O)OCC=C(C)CCC=C(C)CCC=C(C)CCC=C(C)C. The lowest BCUT2D eigenvalue weighted by Gasteiger charge is -2.06. The van der Waals surface area contributed by atoms with Crippen LogP contribution >= 0.6 is 0 Å². The van der Waals surface area contributed by atoms with Crippen LogP contribution in [0, 0.1) is 0 Å². The van der Waals surface area contributed by atoms with Gasteiger partial charge in [-0.1, -0.05) is 40.5 Å². The van der Waals surface area contributed by atoms with Gasteiger partial charge >= 0.3 is 12.1 Å². The molecule has 0 atom stereocenters. The van der Waals surface area contributed by atoms with E-state index in [0.29, 0.717) is 6.61 Å². The molecule has 0 rings (SSSR count). The van der Waals surface area contributed by atoms with Gasteiger partial charge in [0.2, 0.25) is 0 Å². The van der Waals surface area contributed by atoms with Gasteiger partial charge in [-0.3, -0.25) is 4.79 Å². The van der Waals surface area contributed by atoms with Crippen molar-refractivity contribution in [1.82, 2.24) is 5.32 Å². The van der Waals surface area contributed by atoms with Gasteiger partial charge in [-0.05, 0) is 86.1 Å². The monoisotopic (exact) mass is 433 g/mol. The van der Waals surface area contributed by atoms with E-state index in [4.69, 9.17) is 9.47 Å². The average molecular weight is 434 g/mol. The number of rotatable bonds is 15. The molecule has 0 saturated heterocycles. The van der Waals surface area contributed by atoms with Crippen molar-refractivity contribution >= 4 is 12.1 Å². The molecule has 0 unspecified atom stereocenters. The zero-order valence-corrected chi connectivity index (χ0v) is 20.5. The highest BCUT2D eigenvalue weighted by Gasteiger charge is 2.04. The summed E-state index contributed by atoms with van der Waals surface area (Å²) in [6.45, 7) is 13.3. The van der Waals surface area contributed by atoms with Crippen LogP contribution in [0.25, 0.3) is 0 Å². The van der Waals surface area contributed by atoms with E-state index >= 15 is 0 Å². The normalized spacial score (nSPS) is 12.4. The van der Waals surface area contributed by atoms with Crippen LogP contribution in [0.3, 0.4) is 0 Å². The molecular weight excluding hydrogens is 390 g/mol. The second-order valence-corrected chi connectivity index (χ2v) is 8.13. The summed E-state index contributed by atoms with van der Waals surface area (Å²) >= 11 is 0. The predicted octanol–water partition coefficient (Wildman–Crippen LogP) is 6.81. The van der Waals surface area contributed by atoms with Crippen LogP contribution in [0.2, 0.25) is 0 Å². The van der Waals surface area contributed by atoms with Gasteiger partial charge < -0.3 is 14.8 Å². The third kappa shape index (κ3) is 19.4. The fraction of sp³-hybridized carbons (Fsp3) is 0.615. The molecule has 0 aliphatic heterocycles. The molecule has 5 heteroatoms. The van der Waals surface area contributed by atoms with Gasteiger partial charge in [-0.15, -0.1) is 0 Å². The summed E-state index contributed by atoms with van der Waals surface area (Å²) in [7, 11) is 0. The second kappa shape index (κ2) is 18.5. The number of hydrogen-bond acceptors (Lipinski definition) is 4. The van der Waals surface area contributed by atoms with Gasteiger partial charge in [0.05, 0.1) is 13.0 Å². The molecule has 0 aromatic heterocycles. The first-order chi connectivity index (χ1) is 14.7. The Morgan fingerprint density at radius 3 is 1.74 bits per heavy atom.